The van der Waals surface area contributed by atoms with E-state index < -0.39 is 12.0 Å². The maximum atomic E-state index is 12.6. The molecular weight excluding hydrogens is 443 g/mol. The molecule has 1 saturated carbocycles. The molecule has 2 aliphatic rings. The molecule has 1 fully saturated rings. The Morgan fingerprint density at radius 3 is 2.56 bits per heavy atom. The van der Waals surface area contributed by atoms with Gasteiger partial charge in [-0.05, 0) is 75.7 Å². The predicted octanol–water partition coefficient (Wildman–Crippen LogP) is 4.48. The van der Waals surface area contributed by atoms with E-state index in [1.807, 2.05) is 31.2 Å². The maximum absolute atomic E-state index is 12.6. The first-order valence-electron chi connectivity index (χ1n) is 11.8. The maximum Gasteiger partial charge on any atom is 0.573 e. The van der Waals surface area contributed by atoms with Crippen LogP contribution in [-0.2, 0) is 12.1 Å². The Balaban J connectivity index is 1.21. The number of hydrogen-bond acceptors (Lipinski definition) is 4. The summed E-state index contributed by atoms with van der Waals surface area (Å²) in [4.78, 5) is 4.89. The second-order valence-corrected chi connectivity index (χ2v) is 9.26. The standard InChI is InChI=1S/C25H32F3N5O/c1-24(29)20-7-3-4-8-21(20)32-23(33-24)31-19-12-10-17(11-13-19)16-30-15-14-18-6-2-5-9-22(18)34-25(26,27)28/h2-9,17,19,30H,10-16,29H2,1H3,(H2,31,32,33). The summed E-state index contributed by atoms with van der Waals surface area (Å²) in [6, 6.07) is 14.5. The molecule has 2 aromatic rings. The highest BCUT2D eigenvalue weighted by Crippen LogP contribution is 2.30. The van der Waals surface area contributed by atoms with Gasteiger partial charge in [-0.2, -0.15) is 0 Å². The Kier molecular flexibility index (Phi) is 7.33. The number of para-hydroxylation sites is 2. The van der Waals surface area contributed by atoms with Crippen LogP contribution in [0, 0.1) is 5.92 Å². The molecule has 4 rings (SSSR count). The smallest absolute Gasteiger partial charge is 0.406 e. The first kappa shape index (κ1) is 24.3. The number of alkyl halides is 3. The number of nitrogens with one attached hydrogen (secondary N) is 3. The number of aliphatic imine (C=N–C) groups is 1. The van der Waals surface area contributed by atoms with E-state index >= 15 is 0 Å². The minimum Gasteiger partial charge on any atom is -0.406 e. The number of anilines is 1. The van der Waals surface area contributed by atoms with E-state index in [0.29, 0.717) is 30.4 Å². The van der Waals surface area contributed by atoms with Gasteiger partial charge in [-0.25, -0.2) is 4.99 Å². The third-order valence-electron chi connectivity index (χ3n) is 6.45. The molecule has 0 spiro atoms. The van der Waals surface area contributed by atoms with Crippen LogP contribution in [0.1, 0.15) is 43.7 Å². The number of halogens is 3. The lowest BCUT2D eigenvalue weighted by atomic mass is 9.86. The SMILES string of the molecule is CC1(N)NC(=NC2CCC(CNCCc3ccccc3OC(F)(F)F)CC2)Nc2ccccc21. The fourth-order valence-corrected chi connectivity index (χ4v) is 4.71. The largest absolute Gasteiger partial charge is 0.573 e. The zero-order valence-electron chi connectivity index (χ0n) is 19.3. The number of ether oxygens (including phenoxy) is 1. The summed E-state index contributed by atoms with van der Waals surface area (Å²) >= 11 is 0. The molecule has 0 aromatic heterocycles. The fourth-order valence-electron chi connectivity index (χ4n) is 4.71. The number of nitrogens with zero attached hydrogens (tertiary/aromatic N) is 1. The van der Waals surface area contributed by atoms with Crippen LogP contribution in [0.5, 0.6) is 5.75 Å². The lowest BCUT2D eigenvalue weighted by Gasteiger charge is -2.36. The van der Waals surface area contributed by atoms with Crippen molar-refractivity contribution >= 4 is 11.6 Å². The van der Waals surface area contributed by atoms with Crippen LogP contribution in [0.25, 0.3) is 0 Å². The summed E-state index contributed by atoms with van der Waals surface area (Å²) in [7, 11) is 0. The number of hydrogen-bond donors (Lipinski definition) is 4. The Labute approximate surface area is 198 Å². The van der Waals surface area contributed by atoms with Gasteiger partial charge in [-0.3, -0.25) is 0 Å². The van der Waals surface area contributed by atoms with Gasteiger partial charge < -0.3 is 26.4 Å². The number of nitrogens with two attached hydrogens (primary N) is 1. The van der Waals surface area contributed by atoms with Gasteiger partial charge >= 0.3 is 6.36 Å². The van der Waals surface area contributed by atoms with E-state index in [9.17, 15) is 13.2 Å². The Morgan fingerprint density at radius 2 is 1.79 bits per heavy atom. The van der Waals surface area contributed by atoms with Crippen molar-refractivity contribution in [3.8, 4) is 5.75 Å². The van der Waals surface area contributed by atoms with Gasteiger partial charge in [0.2, 0.25) is 0 Å². The second-order valence-electron chi connectivity index (χ2n) is 9.26. The van der Waals surface area contributed by atoms with Crippen LogP contribution in [0.4, 0.5) is 18.9 Å². The van der Waals surface area contributed by atoms with Crippen LogP contribution >= 0.6 is 0 Å². The Bertz CT molecular complexity index is 1000. The average molecular weight is 476 g/mol. The van der Waals surface area contributed by atoms with Crippen LogP contribution in [0.15, 0.2) is 53.5 Å². The van der Waals surface area contributed by atoms with Gasteiger partial charge in [0.05, 0.1) is 6.04 Å². The molecule has 9 heteroatoms. The van der Waals surface area contributed by atoms with E-state index in [-0.39, 0.29) is 11.8 Å². The summed E-state index contributed by atoms with van der Waals surface area (Å²) < 4.78 is 41.9. The van der Waals surface area contributed by atoms with Gasteiger partial charge in [0.1, 0.15) is 11.4 Å². The zero-order valence-corrected chi connectivity index (χ0v) is 19.3. The lowest BCUT2D eigenvalue weighted by molar-refractivity contribution is -0.274. The Hall–Kier alpha value is -2.78. The van der Waals surface area contributed by atoms with Crippen LogP contribution in [0.2, 0.25) is 0 Å². The number of fused-ring (bicyclic) bond motifs is 1. The number of guanidine groups is 1. The van der Waals surface area contributed by atoms with Crippen LogP contribution in [0.3, 0.4) is 0 Å². The highest BCUT2D eigenvalue weighted by molar-refractivity contribution is 5.97. The molecule has 0 amide bonds. The van der Waals surface area contributed by atoms with Crippen molar-refractivity contribution in [3.63, 3.8) is 0 Å². The first-order chi connectivity index (χ1) is 16.2. The summed E-state index contributed by atoms with van der Waals surface area (Å²) in [5.41, 5.74) is 8.31. The van der Waals surface area contributed by atoms with Crippen LogP contribution in [-0.4, -0.2) is 31.5 Å². The summed E-state index contributed by atoms with van der Waals surface area (Å²) in [6.07, 6.45) is -0.113. The van der Waals surface area contributed by atoms with Gasteiger partial charge in [0, 0.05) is 11.3 Å². The Morgan fingerprint density at radius 1 is 1.09 bits per heavy atom. The van der Waals surface area contributed by atoms with Crippen molar-refractivity contribution < 1.29 is 17.9 Å². The highest BCUT2D eigenvalue weighted by Gasteiger charge is 2.32. The van der Waals surface area contributed by atoms with Crippen molar-refractivity contribution in [2.45, 2.75) is 57.1 Å². The molecule has 0 bridgehead atoms. The topological polar surface area (TPSA) is 83.7 Å². The predicted molar refractivity (Wildman–Crippen MR) is 128 cm³/mol. The van der Waals surface area contributed by atoms with E-state index in [1.165, 1.54) is 6.07 Å². The molecular formula is C25H32F3N5O. The summed E-state index contributed by atoms with van der Waals surface area (Å²) in [5.74, 6) is 1.12. The van der Waals surface area contributed by atoms with E-state index in [2.05, 4.69) is 20.7 Å². The number of rotatable bonds is 7. The molecule has 2 aromatic carbocycles. The third-order valence-corrected chi connectivity index (χ3v) is 6.45. The molecule has 1 aliphatic heterocycles. The quantitative estimate of drug-likeness (QED) is 0.444. The molecule has 1 aliphatic carbocycles. The lowest BCUT2D eigenvalue weighted by Crippen LogP contribution is -2.56. The first-order valence-corrected chi connectivity index (χ1v) is 11.8. The molecule has 1 atom stereocenters. The minimum atomic E-state index is -4.68. The molecule has 1 unspecified atom stereocenters. The molecule has 5 N–H and O–H groups in total. The average Bonchev–Trinajstić information content (AvgIpc) is 2.77. The molecule has 6 nitrogen and oxygen atoms in total. The molecule has 34 heavy (non-hydrogen) atoms. The minimum absolute atomic E-state index is 0.127. The molecule has 1 heterocycles. The van der Waals surface area contributed by atoms with E-state index in [4.69, 9.17) is 10.7 Å². The van der Waals surface area contributed by atoms with Crippen LogP contribution < -0.4 is 26.4 Å². The zero-order chi connectivity index (χ0) is 24.2. The van der Waals surface area contributed by atoms with E-state index in [0.717, 1.165) is 43.5 Å². The second kappa shape index (κ2) is 10.2. The van der Waals surface area contributed by atoms with Crippen molar-refractivity contribution in [1.29, 1.82) is 0 Å². The highest BCUT2D eigenvalue weighted by atomic mass is 19.4. The molecule has 184 valence electrons. The number of benzene rings is 2. The van der Waals surface area contributed by atoms with Gasteiger partial charge in [-0.15, -0.1) is 13.2 Å². The van der Waals surface area contributed by atoms with Crippen molar-refractivity contribution in [1.82, 2.24) is 10.6 Å². The van der Waals surface area contributed by atoms with E-state index in [1.54, 1.807) is 18.2 Å². The van der Waals surface area contributed by atoms with Crippen molar-refractivity contribution in [2.75, 3.05) is 18.4 Å². The summed E-state index contributed by atoms with van der Waals surface area (Å²) in [5, 5.41) is 10.1. The van der Waals surface area contributed by atoms with Gasteiger partial charge in [0.25, 0.3) is 0 Å². The van der Waals surface area contributed by atoms with Crippen molar-refractivity contribution in [2.24, 2.45) is 16.6 Å². The van der Waals surface area contributed by atoms with Crippen molar-refractivity contribution in [3.05, 3.63) is 59.7 Å². The summed E-state index contributed by atoms with van der Waals surface area (Å²) in [6.45, 7) is 3.39. The molecule has 0 radical (unpaired) electrons. The monoisotopic (exact) mass is 475 g/mol. The fraction of sp³-hybridized carbons (Fsp3) is 0.480. The normalized spacial score (nSPS) is 25.9. The van der Waals surface area contributed by atoms with Gasteiger partial charge in [-0.1, -0.05) is 36.4 Å². The van der Waals surface area contributed by atoms with Gasteiger partial charge in [0.15, 0.2) is 5.96 Å². The third kappa shape index (κ3) is 6.42. The molecule has 0 saturated heterocycles.